The van der Waals surface area contributed by atoms with Crippen LogP contribution in [0.5, 0.6) is 0 Å². The van der Waals surface area contributed by atoms with Crippen LogP contribution in [0, 0.1) is 0 Å². The number of rotatable bonds is 6. The molecule has 0 aliphatic carbocycles. The average molecular weight is 309 g/mol. The fourth-order valence-electron chi connectivity index (χ4n) is 2.99. The Labute approximate surface area is 137 Å². The van der Waals surface area contributed by atoms with E-state index in [0.717, 1.165) is 43.4 Å². The molecule has 1 amide bonds. The van der Waals surface area contributed by atoms with E-state index in [0.29, 0.717) is 6.54 Å². The third-order valence-corrected chi connectivity index (χ3v) is 4.30. The Morgan fingerprint density at radius 1 is 1.04 bits per heavy atom. The zero-order valence-electron chi connectivity index (χ0n) is 13.3. The van der Waals surface area contributed by atoms with Crippen LogP contribution >= 0.6 is 0 Å². The quantitative estimate of drug-likeness (QED) is 0.888. The highest BCUT2D eigenvalue weighted by molar-refractivity contribution is 5.95. The average Bonchev–Trinajstić information content (AvgIpc) is 3.12. The number of aryl methyl sites for hydroxylation is 2. The van der Waals surface area contributed by atoms with Gasteiger partial charge in [-0.15, -0.1) is 0 Å². The molecule has 0 spiro atoms. The third-order valence-electron chi connectivity index (χ3n) is 4.30. The Kier molecular flexibility index (Phi) is 5.43. The van der Waals surface area contributed by atoms with Gasteiger partial charge in [0, 0.05) is 18.7 Å². The first kappa shape index (κ1) is 15.8. The highest BCUT2D eigenvalue weighted by atomic mass is 16.5. The second kappa shape index (κ2) is 7.93. The summed E-state index contributed by atoms with van der Waals surface area (Å²) in [7, 11) is 0. The molecule has 0 bridgehead atoms. The van der Waals surface area contributed by atoms with E-state index in [1.54, 1.807) is 0 Å². The number of nitrogens with one attached hydrogen (secondary N) is 1. The second-order valence-electron chi connectivity index (χ2n) is 5.99. The number of ether oxygens (including phenoxy) is 1. The van der Waals surface area contributed by atoms with Gasteiger partial charge in [0.25, 0.3) is 5.91 Å². The van der Waals surface area contributed by atoms with Crippen molar-refractivity contribution in [3.8, 4) is 0 Å². The van der Waals surface area contributed by atoms with Crippen LogP contribution in [-0.2, 0) is 17.6 Å². The number of hydrogen-bond acceptors (Lipinski definition) is 2. The Hall–Kier alpha value is -2.13. The molecule has 1 aliphatic rings. The van der Waals surface area contributed by atoms with Crippen LogP contribution in [0.4, 0.5) is 0 Å². The van der Waals surface area contributed by atoms with Crippen molar-refractivity contribution in [3.05, 3.63) is 71.3 Å². The Bertz CT molecular complexity index is 633. The van der Waals surface area contributed by atoms with Gasteiger partial charge >= 0.3 is 0 Å². The van der Waals surface area contributed by atoms with Gasteiger partial charge in [-0.3, -0.25) is 4.79 Å². The molecule has 0 aromatic heterocycles. The van der Waals surface area contributed by atoms with Gasteiger partial charge < -0.3 is 10.1 Å². The minimum absolute atomic E-state index is 0.00385. The number of carbonyl (C=O) groups excluding carboxylic acids is 1. The van der Waals surface area contributed by atoms with Crippen molar-refractivity contribution in [1.29, 1.82) is 0 Å². The molecule has 1 heterocycles. The van der Waals surface area contributed by atoms with E-state index in [1.807, 2.05) is 30.3 Å². The van der Waals surface area contributed by atoms with E-state index in [1.165, 1.54) is 5.56 Å². The van der Waals surface area contributed by atoms with E-state index in [9.17, 15) is 4.79 Å². The predicted molar refractivity (Wildman–Crippen MR) is 91.6 cm³/mol. The highest BCUT2D eigenvalue weighted by Crippen LogP contribution is 2.14. The number of benzene rings is 2. The smallest absolute Gasteiger partial charge is 0.251 e. The van der Waals surface area contributed by atoms with E-state index in [4.69, 9.17) is 4.74 Å². The maximum atomic E-state index is 12.5. The lowest BCUT2D eigenvalue weighted by molar-refractivity contribution is 0.0857. The van der Waals surface area contributed by atoms with Crippen molar-refractivity contribution in [2.24, 2.45) is 0 Å². The van der Waals surface area contributed by atoms with Gasteiger partial charge in [0.05, 0.1) is 6.10 Å². The van der Waals surface area contributed by atoms with E-state index in [2.05, 4.69) is 29.6 Å². The standard InChI is InChI=1S/C20H23NO2/c22-20(21-15-18-10-6-14-23-18)19-11-5-4-9-17(19)13-12-16-7-2-1-3-8-16/h1-5,7-9,11,18H,6,10,12-15H2,(H,21,22)/t18-/m0/s1. The molecule has 2 aromatic rings. The van der Waals surface area contributed by atoms with Crippen LogP contribution in [0.25, 0.3) is 0 Å². The fraction of sp³-hybridized carbons (Fsp3) is 0.350. The van der Waals surface area contributed by atoms with Crippen molar-refractivity contribution >= 4 is 5.91 Å². The summed E-state index contributed by atoms with van der Waals surface area (Å²) in [5.41, 5.74) is 3.17. The van der Waals surface area contributed by atoms with Crippen molar-refractivity contribution in [2.75, 3.05) is 13.2 Å². The second-order valence-corrected chi connectivity index (χ2v) is 5.99. The molecule has 0 unspecified atom stereocenters. The molecule has 23 heavy (non-hydrogen) atoms. The summed E-state index contributed by atoms with van der Waals surface area (Å²) < 4.78 is 5.56. The van der Waals surface area contributed by atoms with E-state index in [-0.39, 0.29) is 12.0 Å². The third kappa shape index (κ3) is 4.42. The van der Waals surface area contributed by atoms with E-state index < -0.39 is 0 Å². The fourth-order valence-corrected chi connectivity index (χ4v) is 2.99. The minimum atomic E-state index is 0.00385. The number of carbonyl (C=O) groups is 1. The lowest BCUT2D eigenvalue weighted by Gasteiger charge is -2.13. The van der Waals surface area contributed by atoms with Gasteiger partial charge in [0.1, 0.15) is 0 Å². The summed E-state index contributed by atoms with van der Waals surface area (Å²) in [6.45, 7) is 1.42. The van der Waals surface area contributed by atoms with Gasteiger partial charge in [-0.05, 0) is 42.9 Å². The minimum Gasteiger partial charge on any atom is -0.376 e. The summed E-state index contributed by atoms with van der Waals surface area (Å²) in [6, 6.07) is 18.3. The molecule has 1 aliphatic heterocycles. The Morgan fingerprint density at radius 2 is 1.83 bits per heavy atom. The molecule has 3 rings (SSSR count). The van der Waals surface area contributed by atoms with Crippen LogP contribution < -0.4 is 5.32 Å². The van der Waals surface area contributed by atoms with Crippen molar-refractivity contribution in [1.82, 2.24) is 5.32 Å². The molecule has 120 valence electrons. The van der Waals surface area contributed by atoms with E-state index >= 15 is 0 Å². The van der Waals surface area contributed by atoms with Crippen LogP contribution in [0.15, 0.2) is 54.6 Å². The topological polar surface area (TPSA) is 38.3 Å². The molecule has 2 aromatic carbocycles. The monoisotopic (exact) mass is 309 g/mol. The number of amides is 1. The first-order chi connectivity index (χ1) is 11.3. The molecule has 3 heteroatoms. The lowest BCUT2D eigenvalue weighted by atomic mass is 9.99. The van der Waals surface area contributed by atoms with Gasteiger partial charge in [0.15, 0.2) is 0 Å². The summed E-state index contributed by atoms with van der Waals surface area (Å²) in [6.07, 6.45) is 4.12. The van der Waals surface area contributed by atoms with Crippen molar-refractivity contribution < 1.29 is 9.53 Å². The largest absolute Gasteiger partial charge is 0.376 e. The van der Waals surface area contributed by atoms with Gasteiger partial charge in [-0.25, -0.2) is 0 Å². The summed E-state index contributed by atoms with van der Waals surface area (Å²) in [5.74, 6) is 0.00385. The molecular weight excluding hydrogens is 286 g/mol. The highest BCUT2D eigenvalue weighted by Gasteiger charge is 2.17. The lowest BCUT2D eigenvalue weighted by Crippen LogP contribution is -2.32. The molecule has 3 nitrogen and oxygen atoms in total. The summed E-state index contributed by atoms with van der Waals surface area (Å²) in [5, 5.41) is 3.02. The Balaban J connectivity index is 1.61. The Morgan fingerprint density at radius 3 is 2.61 bits per heavy atom. The maximum absolute atomic E-state index is 12.5. The van der Waals surface area contributed by atoms with Crippen LogP contribution in [0.3, 0.4) is 0 Å². The zero-order valence-corrected chi connectivity index (χ0v) is 13.3. The molecule has 1 fully saturated rings. The van der Waals surface area contributed by atoms with Gasteiger partial charge in [-0.1, -0.05) is 48.5 Å². The summed E-state index contributed by atoms with van der Waals surface area (Å²) >= 11 is 0. The molecule has 1 atom stereocenters. The first-order valence-electron chi connectivity index (χ1n) is 8.34. The zero-order chi connectivity index (χ0) is 15.9. The van der Waals surface area contributed by atoms with Crippen molar-refractivity contribution in [2.45, 2.75) is 31.8 Å². The molecule has 0 saturated carbocycles. The van der Waals surface area contributed by atoms with Crippen LogP contribution in [0.2, 0.25) is 0 Å². The predicted octanol–water partition coefficient (Wildman–Crippen LogP) is 3.38. The molecule has 1 N–H and O–H groups in total. The molecule has 1 saturated heterocycles. The van der Waals surface area contributed by atoms with Crippen LogP contribution in [-0.4, -0.2) is 25.2 Å². The first-order valence-corrected chi connectivity index (χ1v) is 8.34. The van der Waals surface area contributed by atoms with Gasteiger partial charge in [0.2, 0.25) is 0 Å². The van der Waals surface area contributed by atoms with Gasteiger partial charge in [-0.2, -0.15) is 0 Å². The van der Waals surface area contributed by atoms with Crippen LogP contribution in [0.1, 0.15) is 34.3 Å². The SMILES string of the molecule is O=C(NC[C@@H]1CCCO1)c1ccccc1CCc1ccccc1. The maximum Gasteiger partial charge on any atom is 0.251 e. The molecular formula is C20H23NO2. The van der Waals surface area contributed by atoms with Crippen molar-refractivity contribution in [3.63, 3.8) is 0 Å². The molecule has 0 radical (unpaired) electrons. The normalized spacial score (nSPS) is 17.1. The number of hydrogen-bond donors (Lipinski definition) is 1. The summed E-state index contributed by atoms with van der Waals surface area (Å²) in [4.78, 5) is 12.5.